The third-order valence-electron chi connectivity index (χ3n) is 11.4. The van der Waals surface area contributed by atoms with Crippen molar-refractivity contribution in [2.24, 2.45) is 11.8 Å². The predicted molar refractivity (Wildman–Crippen MR) is 259 cm³/mol. The zero-order chi connectivity index (χ0) is 53.9. The van der Waals surface area contributed by atoms with Crippen LogP contribution >= 0.6 is 0 Å². The molecule has 0 heterocycles. The standard InChI is InChI=1S/C49H82N4O19/c1-35(36(2)54)14-11-12-24-50-42(57)23-21-41(49(67)68)53-44(59)22-18-37(47(63)64)32-39(56)33-71-30-29-70-27-25-51-45(60)34-72-31-28-69-26-13-15-38(55)19-20-40(48(65)66)52-43(58)16-9-7-5-3-4-6-8-10-17-46(61)62/h35,37,40-41H,3-34H2,1-2H3,(H,50,57)(H,51,60)(H,52,58)(H,53,59)(H,61,62)(H,63,64)(H,65,66)(H,67,68)/t35-,37+,40-,41-/m0/s1. The number of rotatable bonds is 50. The average Bonchev–Trinajstić information content (AvgIpc) is 3.31. The summed E-state index contributed by atoms with van der Waals surface area (Å²) in [6, 6.07) is -2.53. The molecule has 4 atom stereocenters. The lowest BCUT2D eigenvalue weighted by Gasteiger charge is -2.16. The topological polar surface area (TPSA) is 354 Å². The maximum absolute atomic E-state index is 12.5. The van der Waals surface area contributed by atoms with Gasteiger partial charge in [0.2, 0.25) is 23.6 Å². The number of carbonyl (C=O) groups is 11. The van der Waals surface area contributed by atoms with Crippen LogP contribution in [0.25, 0.3) is 0 Å². The van der Waals surface area contributed by atoms with Crippen LogP contribution in [0.1, 0.15) is 155 Å². The molecule has 0 aromatic rings. The third-order valence-corrected chi connectivity index (χ3v) is 11.4. The van der Waals surface area contributed by atoms with Gasteiger partial charge in [-0.2, -0.15) is 0 Å². The van der Waals surface area contributed by atoms with E-state index in [2.05, 4.69) is 21.3 Å². The van der Waals surface area contributed by atoms with Gasteiger partial charge in [0, 0.05) is 70.6 Å². The van der Waals surface area contributed by atoms with Gasteiger partial charge in [-0.1, -0.05) is 51.9 Å². The van der Waals surface area contributed by atoms with Crippen molar-refractivity contribution in [2.45, 2.75) is 167 Å². The van der Waals surface area contributed by atoms with Gasteiger partial charge in [-0.15, -0.1) is 0 Å². The number of carboxylic acid groups (broad SMARTS) is 4. The van der Waals surface area contributed by atoms with Gasteiger partial charge in [-0.25, -0.2) is 9.59 Å². The van der Waals surface area contributed by atoms with Crippen LogP contribution in [0.5, 0.6) is 0 Å². The lowest BCUT2D eigenvalue weighted by Crippen LogP contribution is -2.42. The zero-order valence-electron chi connectivity index (χ0n) is 42.3. The van der Waals surface area contributed by atoms with Crippen LogP contribution in [-0.4, -0.2) is 163 Å². The van der Waals surface area contributed by atoms with Crippen molar-refractivity contribution in [3.8, 4) is 0 Å². The molecule has 0 aliphatic rings. The monoisotopic (exact) mass is 1030 g/mol. The molecule has 412 valence electrons. The summed E-state index contributed by atoms with van der Waals surface area (Å²) < 4.78 is 21.3. The number of hydrogen-bond donors (Lipinski definition) is 8. The molecule has 8 N–H and O–H groups in total. The van der Waals surface area contributed by atoms with E-state index in [1.165, 1.54) is 6.92 Å². The molecule has 0 spiro atoms. The summed E-state index contributed by atoms with van der Waals surface area (Å²) in [5.41, 5.74) is 0. The highest BCUT2D eigenvalue weighted by molar-refractivity contribution is 5.87. The second-order valence-corrected chi connectivity index (χ2v) is 17.7. The van der Waals surface area contributed by atoms with Crippen molar-refractivity contribution in [3.63, 3.8) is 0 Å². The number of carboxylic acids is 4. The number of nitrogens with one attached hydrogen (secondary N) is 4. The van der Waals surface area contributed by atoms with Crippen molar-refractivity contribution in [1.29, 1.82) is 0 Å². The van der Waals surface area contributed by atoms with E-state index in [4.69, 9.17) is 24.1 Å². The largest absolute Gasteiger partial charge is 0.481 e. The number of Topliss-reactive ketones (excluding diaryl/α,β-unsaturated/α-hetero) is 3. The predicted octanol–water partition coefficient (Wildman–Crippen LogP) is 3.15. The van der Waals surface area contributed by atoms with Gasteiger partial charge >= 0.3 is 23.9 Å². The first-order valence-corrected chi connectivity index (χ1v) is 25.2. The number of ketones is 3. The molecule has 0 saturated heterocycles. The zero-order valence-corrected chi connectivity index (χ0v) is 42.3. The fourth-order valence-corrected chi connectivity index (χ4v) is 6.90. The minimum absolute atomic E-state index is 0.00150. The van der Waals surface area contributed by atoms with Crippen LogP contribution in [0, 0.1) is 11.8 Å². The molecule has 0 fully saturated rings. The molecule has 0 bridgehead atoms. The number of aliphatic carboxylic acids is 4. The van der Waals surface area contributed by atoms with E-state index >= 15 is 0 Å². The first-order chi connectivity index (χ1) is 34.3. The van der Waals surface area contributed by atoms with Crippen LogP contribution in [0.15, 0.2) is 0 Å². The van der Waals surface area contributed by atoms with Crippen molar-refractivity contribution in [3.05, 3.63) is 0 Å². The van der Waals surface area contributed by atoms with E-state index in [0.29, 0.717) is 38.6 Å². The molecule has 0 aromatic carbocycles. The smallest absolute Gasteiger partial charge is 0.326 e. The van der Waals surface area contributed by atoms with Gasteiger partial charge in [0.05, 0.1) is 39.0 Å². The lowest BCUT2D eigenvalue weighted by molar-refractivity contribution is -0.145. The molecule has 0 saturated carbocycles. The maximum atomic E-state index is 12.5. The second kappa shape index (κ2) is 43.2. The van der Waals surface area contributed by atoms with E-state index in [1.807, 2.05) is 6.92 Å². The highest BCUT2D eigenvalue weighted by Crippen LogP contribution is 2.15. The minimum atomic E-state index is -1.37. The Hall–Kier alpha value is -5.39. The molecule has 0 radical (unpaired) electrons. The van der Waals surface area contributed by atoms with Gasteiger partial charge in [0.1, 0.15) is 36.9 Å². The summed E-state index contributed by atoms with van der Waals surface area (Å²) in [5, 5.41) is 47.3. The molecule has 0 rings (SSSR count). The minimum Gasteiger partial charge on any atom is -0.481 e. The molecule has 0 aliphatic heterocycles. The molecule has 72 heavy (non-hydrogen) atoms. The molecule has 23 heteroatoms. The van der Waals surface area contributed by atoms with Crippen LogP contribution in [0.3, 0.4) is 0 Å². The van der Waals surface area contributed by atoms with Gasteiger partial charge in [-0.3, -0.25) is 43.2 Å². The highest BCUT2D eigenvalue weighted by Gasteiger charge is 2.26. The highest BCUT2D eigenvalue weighted by atomic mass is 16.5. The van der Waals surface area contributed by atoms with Crippen LogP contribution in [0.2, 0.25) is 0 Å². The van der Waals surface area contributed by atoms with E-state index in [9.17, 15) is 68.1 Å². The maximum Gasteiger partial charge on any atom is 0.326 e. The quantitative estimate of drug-likeness (QED) is 0.0406. The number of hydrogen-bond acceptors (Lipinski definition) is 15. The fourth-order valence-electron chi connectivity index (χ4n) is 6.90. The fraction of sp³-hybridized carbons (Fsp3) is 0.776. The van der Waals surface area contributed by atoms with Gasteiger partial charge < -0.3 is 60.6 Å². The van der Waals surface area contributed by atoms with Crippen molar-refractivity contribution in [1.82, 2.24) is 21.3 Å². The number of carbonyl (C=O) groups excluding carboxylic acids is 7. The molecule has 0 aromatic heterocycles. The van der Waals surface area contributed by atoms with E-state index in [0.717, 1.165) is 44.9 Å². The van der Waals surface area contributed by atoms with Crippen LogP contribution < -0.4 is 21.3 Å². The Labute approximate surface area is 422 Å². The Bertz CT molecular complexity index is 1660. The Balaban J connectivity index is 4.01. The molecule has 23 nitrogen and oxygen atoms in total. The van der Waals surface area contributed by atoms with Gasteiger partial charge in [0.25, 0.3) is 0 Å². The van der Waals surface area contributed by atoms with Crippen LogP contribution in [0.4, 0.5) is 0 Å². The summed E-state index contributed by atoms with van der Waals surface area (Å²) in [7, 11) is 0. The Morgan fingerprint density at radius 1 is 0.417 bits per heavy atom. The third kappa shape index (κ3) is 40.2. The summed E-state index contributed by atoms with van der Waals surface area (Å²) in [6.45, 7) is 3.99. The Morgan fingerprint density at radius 3 is 1.51 bits per heavy atom. The molecule has 0 aliphatic carbocycles. The van der Waals surface area contributed by atoms with Crippen molar-refractivity contribution >= 4 is 64.9 Å². The SMILES string of the molecule is CC(=O)[C@@H](C)CCCCNC(=O)CC[C@H](NC(=O)CC[C@H](CC(=O)COCCOCCNC(=O)COCCOCCCC(=O)CC[C@H](NC(=O)CCCCCCCCCCC(=O)O)C(=O)O)C(=O)O)C(=O)O. The van der Waals surface area contributed by atoms with Gasteiger partial charge in [0.15, 0.2) is 5.78 Å². The Kier molecular flexibility index (Phi) is 40.0. The number of unbranched alkanes of at least 4 members (excludes halogenated alkanes) is 8. The van der Waals surface area contributed by atoms with Crippen molar-refractivity contribution < 1.29 is 92.1 Å². The molecular weight excluding hydrogens is 949 g/mol. The molecule has 0 unspecified atom stereocenters. The van der Waals surface area contributed by atoms with E-state index < -0.39 is 78.4 Å². The Morgan fingerprint density at radius 2 is 0.931 bits per heavy atom. The average molecular weight is 1030 g/mol. The number of ether oxygens (including phenoxy) is 4. The second-order valence-electron chi connectivity index (χ2n) is 17.7. The summed E-state index contributed by atoms with van der Waals surface area (Å²) in [4.78, 5) is 130. The normalized spacial score (nSPS) is 12.7. The summed E-state index contributed by atoms with van der Waals surface area (Å²) >= 11 is 0. The first-order valence-electron chi connectivity index (χ1n) is 25.2. The molecular formula is C49H82N4O19. The summed E-state index contributed by atoms with van der Waals surface area (Å²) in [5.74, 6) is -8.44. The van der Waals surface area contributed by atoms with Crippen molar-refractivity contribution in [2.75, 3.05) is 65.9 Å². The van der Waals surface area contributed by atoms with E-state index in [-0.39, 0.29) is 134 Å². The summed E-state index contributed by atoms with van der Waals surface area (Å²) in [6.07, 6.45) is 8.57. The van der Waals surface area contributed by atoms with Crippen LogP contribution in [-0.2, 0) is 71.7 Å². The molecule has 4 amide bonds. The van der Waals surface area contributed by atoms with E-state index in [1.54, 1.807) is 0 Å². The number of amides is 4. The lowest BCUT2D eigenvalue weighted by atomic mass is 9.97. The van der Waals surface area contributed by atoms with Gasteiger partial charge in [-0.05, 0) is 58.3 Å². The first kappa shape index (κ1) is 66.6.